The van der Waals surface area contributed by atoms with Gasteiger partial charge in [0.1, 0.15) is 0 Å². The molecule has 4 aromatic rings. The molecule has 0 radical (unpaired) electrons. The zero-order valence-electron chi connectivity index (χ0n) is 19.2. The first kappa shape index (κ1) is 21.5. The van der Waals surface area contributed by atoms with Crippen molar-refractivity contribution in [3.8, 4) is 40.4 Å². The number of nitrogen functional groups attached to an aromatic ring is 1. The second-order valence-corrected chi connectivity index (χ2v) is 9.13. The van der Waals surface area contributed by atoms with E-state index in [9.17, 15) is 5.26 Å². The van der Waals surface area contributed by atoms with Gasteiger partial charge in [0.15, 0.2) is 11.5 Å². The Bertz CT molecular complexity index is 1400. The average Bonchev–Trinajstić information content (AvgIpc) is 3.33. The van der Waals surface area contributed by atoms with Crippen molar-refractivity contribution < 1.29 is 4.42 Å². The SMILES string of the molecule is CC1CN(c2cccc(-c3nnc(-c4nc(-c5ccnc(C(C)(C)C#N)c5)cnc4N)o3)c2)C1. The predicted octanol–water partition coefficient (Wildman–Crippen LogP) is 4.10. The molecule has 1 fully saturated rings. The summed E-state index contributed by atoms with van der Waals surface area (Å²) < 4.78 is 5.95. The molecule has 0 saturated carbocycles. The number of nitrogens with zero attached hydrogens (tertiary/aromatic N) is 7. The van der Waals surface area contributed by atoms with Gasteiger partial charge in [-0.1, -0.05) is 13.0 Å². The van der Waals surface area contributed by atoms with Crippen LogP contribution < -0.4 is 10.6 Å². The molecule has 1 saturated heterocycles. The van der Waals surface area contributed by atoms with Crippen molar-refractivity contribution >= 4 is 11.5 Å². The highest BCUT2D eigenvalue weighted by atomic mass is 16.4. The van der Waals surface area contributed by atoms with Gasteiger partial charge in [0.05, 0.1) is 29.1 Å². The first-order valence-corrected chi connectivity index (χ1v) is 11.0. The van der Waals surface area contributed by atoms with Gasteiger partial charge in [-0.2, -0.15) is 5.26 Å². The van der Waals surface area contributed by atoms with Crippen LogP contribution in [0.5, 0.6) is 0 Å². The third kappa shape index (κ3) is 3.94. The van der Waals surface area contributed by atoms with E-state index in [2.05, 4.69) is 49.1 Å². The molecule has 0 spiro atoms. The lowest BCUT2D eigenvalue weighted by Crippen LogP contribution is -2.45. The van der Waals surface area contributed by atoms with Gasteiger partial charge in [-0.05, 0) is 50.1 Å². The van der Waals surface area contributed by atoms with Crippen molar-refractivity contribution in [1.82, 2.24) is 25.1 Å². The van der Waals surface area contributed by atoms with Crippen LogP contribution in [0.25, 0.3) is 34.3 Å². The molecule has 0 bridgehead atoms. The Morgan fingerprint density at radius 2 is 1.88 bits per heavy atom. The normalized spacial score (nSPS) is 14.0. The Morgan fingerprint density at radius 1 is 1.09 bits per heavy atom. The maximum absolute atomic E-state index is 9.45. The first-order chi connectivity index (χ1) is 16.3. The molecule has 1 aromatic carbocycles. The van der Waals surface area contributed by atoms with Gasteiger partial charge in [0, 0.05) is 36.1 Å². The number of rotatable bonds is 5. The van der Waals surface area contributed by atoms with Crippen molar-refractivity contribution in [2.24, 2.45) is 5.92 Å². The van der Waals surface area contributed by atoms with E-state index in [1.165, 1.54) is 0 Å². The van der Waals surface area contributed by atoms with E-state index in [4.69, 9.17) is 10.2 Å². The van der Waals surface area contributed by atoms with Gasteiger partial charge in [-0.15, -0.1) is 10.2 Å². The summed E-state index contributed by atoms with van der Waals surface area (Å²) in [4.78, 5) is 15.6. The molecule has 3 aromatic heterocycles. The zero-order chi connectivity index (χ0) is 23.9. The van der Waals surface area contributed by atoms with E-state index in [1.54, 1.807) is 12.4 Å². The Balaban J connectivity index is 1.47. The molecule has 0 unspecified atom stereocenters. The van der Waals surface area contributed by atoms with Gasteiger partial charge in [-0.25, -0.2) is 9.97 Å². The summed E-state index contributed by atoms with van der Waals surface area (Å²) >= 11 is 0. The van der Waals surface area contributed by atoms with Crippen molar-refractivity contribution in [2.45, 2.75) is 26.2 Å². The Hall–Kier alpha value is -4.32. The van der Waals surface area contributed by atoms with E-state index in [0.717, 1.165) is 29.9 Å². The van der Waals surface area contributed by atoms with Crippen LogP contribution in [0.15, 0.2) is 53.2 Å². The van der Waals surface area contributed by atoms with Crippen LogP contribution in [-0.4, -0.2) is 38.2 Å². The lowest BCUT2D eigenvalue weighted by Gasteiger charge is -2.39. The second kappa shape index (κ2) is 8.23. The Labute approximate surface area is 197 Å². The number of pyridine rings is 1. The minimum absolute atomic E-state index is 0.189. The van der Waals surface area contributed by atoms with E-state index in [1.807, 2.05) is 44.2 Å². The Kier molecular flexibility index (Phi) is 5.21. The summed E-state index contributed by atoms with van der Waals surface area (Å²) in [5.41, 5.74) is 9.61. The van der Waals surface area contributed by atoms with Crippen LogP contribution in [0, 0.1) is 17.2 Å². The molecule has 0 amide bonds. The zero-order valence-corrected chi connectivity index (χ0v) is 19.2. The quantitative estimate of drug-likeness (QED) is 0.475. The van der Waals surface area contributed by atoms with Gasteiger partial charge in [0.25, 0.3) is 5.89 Å². The summed E-state index contributed by atoms with van der Waals surface area (Å²) in [6.45, 7) is 7.95. The van der Waals surface area contributed by atoms with Crippen LogP contribution in [0.2, 0.25) is 0 Å². The molecule has 1 aliphatic heterocycles. The van der Waals surface area contributed by atoms with Crippen LogP contribution in [0.3, 0.4) is 0 Å². The summed E-state index contributed by atoms with van der Waals surface area (Å²) in [6, 6.07) is 13.9. The van der Waals surface area contributed by atoms with Crippen molar-refractivity contribution in [1.29, 1.82) is 5.26 Å². The van der Waals surface area contributed by atoms with E-state index in [-0.39, 0.29) is 11.7 Å². The second-order valence-electron chi connectivity index (χ2n) is 9.13. The highest BCUT2D eigenvalue weighted by Gasteiger charge is 2.24. The number of nitriles is 1. The van der Waals surface area contributed by atoms with E-state index >= 15 is 0 Å². The molecular weight excluding hydrogens is 428 g/mol. The van der Waals surface area contributed by atoms with Gasteiger partial charge in [0.2, 0.25) is 5.89 Å². The monoisotopic (exact) mass is 452 g/mol. The van der Waals surface area contributed by atoms with Crippen LogP contribution in [0.4, 0.5) is 11.5 Å². The van der Waals surface area contributed by atoms with Crippen molar-refractivity contribution in [3.63, 3.8) is 0 Å². The van der Waals surface area contributed by atoms with Crippen LogP contribution in [-0.2, 0) is 5.41 Å². The van der Waals surface area contributed by atoms with Gasteiger partial charge < -0.3 is 15.1 Å². The molecule has 2 N–H and O–H groups in total. The van der Waals surface area contributed by atoms with Crippen molar-refractivity contribution in [3.05, 3.63) is 54.5 Å². The Morgan fingerprint density at radius 3 is 2.65 bits per heavy atom. The van der Waals surface area contributed by atoms with Crippen LogP contribution in [0.1, 0.15) is 26.5 Å². The lowest BCUT2D eigenvalue weighted by molar-refractivity contribution is 0.447. The topological polar surface area (TPSA) is 131 Å². The fourth-order valence-corrected chi connectivity index (χ4v) is 3.86. The van der Waals surface area contributed by atoms with E-state index < -0.39 is 5.41 Å². The van der Waals surface area contributed by atoms with Crippen LogP contribution >= 0.6 is 0 Å². The van der Waals surface area contributed by atoms with Gasteiger partial charge >= 0.3 is 0 Å². The molecular formula is C25H24N8O. The smallest absolute Gasteiger partial charge is 0.270 e. The number of aromatic nitrogens is 5. The number of benzene rings is 1. The number of nitrogens with two attached hydrogens (primary N) is 1. The molecule has 4 heterocycles. The standard InChI is InChI=1S/C25H24N8O/c1-15-12-33(13-15)18-6-4-5-17(9-18)23-31-32-24(34-23)21-22(27)29-11-19(30-21)16-7-8-28-20(10-16)25(2,3)14-26/h4-11,15H,12-13H2,1-3H3,(H2,27,29). The fourth-order valence-electron chi connectivity index (χ4n) is 3.86. The van der Waals surface area contributed by atoms with Crippen molar-refractivity contribution in [2.75, 3.05) is 23.7 Å². The highest BCUT2D eigenvalue weighted by molar-refractivity contribution is 5.69. The minimum Gasteiger partial charge on any atom is -0.414 e. The largest absolute Gasteiger partial charge is 0.414 e. The lowest BCUT2D eigenvalue weighted by atomic mass is 9.90. The first-order valence-electron chi connectivity index (χ1n) is 11.0. The molecule has 0 aliphatic carbocycles. The predicted molar refractivity (Wildman–Crippen MR) is 128 cm³/mol. The molecule has 34 heavy (non-hydrogen) atoms. The highest BCUT2D eigenvalue weighted by Crippen LogP contribution is 2.32. The molecule has 0 atom stereocenters. The third-order valence-corrected chi connectivity index (χ3v) is 5.93. The van der Waals surface area contributed by atoms with E-state index in [0.29, 0.717) is 28.9 Å². The molecule has 9 nitrogen and oxygen atoms in total. The van der Waals surface area contributed by atoms with Gasteiger partial charge in [-0.3, -0.25) is 4.98 Å². The maximum atomic E-state index is 9.45. The number of hydrogen-bond acceptors (Lipinski definition) is 9. The summed E-state index contributed by atoms with van der Waals surface area (Å²) in [5.74, 6) is 1.47. The summed E-state index contributed by atoms with van der Waals surface area (Å²) in [7, 11) is 0. The summed E-state index contributed by atoms with van der Waals surface area (Å²) in [5, 5.41) is 17.8. The number of anilines is 2. The molecule has 9 heteroatoms. The minimum atomic E-state index is -0.732. The third-order valence-electron chi connectivity index (χ3n) is 5.93. The summed E-state index contributed by atoms with van der Waals surface area (Å²) in [6.07, 6.45) is 3.23. The average molecular weight is 453 g/mol. The fraction of sp³-hybridized carbons (Fsp3) is 0.280. The molecule has 1 aliphatic rings. The molecule has 170 valence electrons. The maximum Gasteiger partial charge on any atom is 0.270 e. The number of hydrogen-bond donors (Lipinski definition) is 1. The molecule has 5 rings (SSSR count).